The van der Waals surface area contributed by atoms with Gasteiger partial charge in [-0.2, -0.15) is 19.1 Å². The van der Waals surface area contributed by atoms with Crippen LogP contribution in [-0.2, 0) is 26.5 Å². The predicted molar refractivity (Wildman–Crippen MR) is 71.5 cm³/mol. The molecule has 2 rings (SSSR count). The molecule has 0 aliphatic rings. The molecule has 2 aromatic carbocycles. The smallest absolute Gasteiger partial charge is 0.280 e. The first-order valence-electron chi connectivity index (χ1n) is 5.70. The van der Waals surface area contributed by atoms with Crippen molar-refractivity contribution in [2.24, 2.45) is 0 Å². The Morgan fingerprint density at radius 2 is 1.55 bits per heavy atom. The van der Waals surface area contributed by atoms with Gasteiger partial charge in [0.1, 0.15) is 0 Å². The van der Waals surface area contributed by atoms with Gasteiger partial charge in [0.25, 0.3) is 5.97 Å². The Morgan fingerprint density at radius 1 is 1.00 bits per heavy atom. The number of esters is 2. The predicted octanol–water partition coefficient (Wildman–Crippen LogP) is 2.69. The van der Waals surface area contributed by atoms with E-state index in [1.165, 1.54) is 14.2 Å². The van der Waals surface area contributed by atoms with Gasteiger partial charge < -0.3 is 43.6 Å². The number of ether oxygens (including phenoxy) is 2. The molecule has 0 bridgehead atoms. The Kier molecular flexibility index (Phi) is 8.29. The van der Waals surface area contributed by atoms with E-state index in [9.17, 15) is 9.59 Å². The summed E-state index contributed by atoms with van der Waals surface area (Å²) in [7, 11) is 2.75. The van der Waals surface area contributed by atoms with Crippen molar-refractivity contribution in [2.75, 3.05) is 14.2 Å². The van der Waals surface area contributed by atoms with Gasteiger partial charge in [-0.3, -0.25) is 4.79 Å². The second kappa shape index (κ2) is 9.13. The first-order chi connectivity index (χ1) is 9.08. The van der Waals surface area contributed by atoms with Crippen LogP contribution >= 0.6 is 0 Å². The first kappa shape index (κ1) is 18.2. The fourth-order valence-corrected chi connectivity index (χ4v) is 1.44. The van der Waals surface area contributed by atoms with E-state index in [2.05, 4.69) is 9.47 Å². The van der Waals surface area contributed by atoms with Crippen molar-refractivity contribution in [3.8, 4) is 0 Å². The topological polar surface area (TPSA) is 52.6 Å². The summed E-state index contributed by atoms with van der Waals surface area (Å²) in [5, 5.41) is 0. The first-order valence-corrected chi connectivity index (χ1v) is 5.70. The molecule has 5 heteroatoms. The van der Waals surface area contributed by atoms with E-state index in [1.807, 2.05) is 13.0 Å². The molecule has 0 heterocycles. The van der Waals surface area contributed by atoms with Crippen LogP contribution < -0.4 is 0 Å². The molecule has 0 atom stereocenters. The van der Waals surface area contributed by atoms with Crippen molar-refractivity contribution in [2.45, 2.75) is 6.92 Å². The van der Waals surface area contributed by atoms with Crippen LogP contribution in [0.5, 0.6) is 0 Å². The molecule has 0 aromatic heterocycles. The molecular weight excluding hydrogens is 300 g/mol. The van der Waals surface area contributed by atoms with Crippen LogP contribution in [0.1, 0.15) is 26.3 Å². The van der Waals surface area contributed by atoms with Gasteiger partial charge in [-0.25, -0.2) is 12.1 Å². The van der Waals surface area contributed by atoms with E-state index in [4.69, 9.17) is 0 Å². The van der Waals surface area contributed by atoms with Crippen molar-refractivity contribution in [3.63, 3.8) is 0 Å². The normalized spacial score (nSPS) is 8.75. The number of carbonyl (C=O) groups is 2. The molecule has 0 saturated carbocycles. The number of hydrogen-bond acceptors (Lipinski definition) is 4. The van der Waals surface area contributed by atoms with Crippen molar-refractivity contribution in [1.82, 2.24) is 0 Å². The van der Waals surface area contributed by atoms with E-state index < -0.39 is 0 Å². The zero-order chi connectivity index (χ0) is 14.3. The van der Waals surface area contributed by atoms with Gasteiger partial charge in [0.2, 0.25) is 0 Å². The van der Waals surface area contributed by atoms with E-state index in [0.29, 0.717) is 11.1 Å². The van der Waals surface area contributed by atoms with Crippen LogP contribution in [0.15, 0.2) is 42.5 Å². The summed E-state index contributed by atoms with van der Waals surface area (Å²) in [5.41, 5.74) is 2.32. The maximum atomic E-state index is 10.8. The van der Waals surface area contributed by atoms with Crippen molar-refractivity contribution < 1.29 is 36.1 Å². The van der Waals surface area contributed by atoms with Gasteiger partial charge in [-0.05, 0) is 0 Å². The minimum atomic E-state index is -0.278. The molecule has 0 unspecified atom stereocenters. The molecule has 0 aliphatic carbocycles. The van der Waals surface area contributed by atoms with Crippen LogP contribution in [0.4, 0.5) is 0 Å². The average molecular weight is 316 g/mol. The summed E-state index contributed by atoms with van der Waals surface area (Å²) in [6.07, 6.45) is 0. The van der Waals surface area contributed by atoms with Crippen LogP contribution in [0.25, 0.3) is 0 Å². The SMILES string of the molecule is COC(=O)[c-]1[cH-][cH-][c-](C)[cH-]1.COC(=O)[c-]1cccc1.[Fe]. The molecule has 0 N–H and O–H groups in total. The number of carbonyl (C=O) groups excluding carboxylic acids is 2. The van der Waals surface area contributed by atoms with E-state index >= 15 is 0 Å². The Labute approximate surface area is 128 Å². The fourth-order valence-electron chi connectivity index (χ4n) is 1.44. The van der Waals surface area contributed by atoms with Gasteiger partial charge in [0, 0.05) is 24.2 Å². The molecule has 0 spiro atoms. The molecule has 4 nitrogen and oxygen atoms in total. The third-order valence-electron chi connectivity index (χ3n) is 2.41. The van der Waals surface area contributed by atoms with Crippen LogP contribution in [0, 0.1) is 6.92 Å². The zero-order valence-electron chi connectivity index (χ0n) is 11.5. The van der Waals surface area contributed by atoms with E-state index in [-0.39, 0.29) is 29.0 Å². The van der Waals surface area contributed by atoms with E-state index in [1.54, 1.807) is 36.4 Å². The maximum absolute atomic E-state index is 10.8. The summed E-state index contributed by atoms with van der Waals surface area (Å²) in [4.78, 5) is 21.5. The average Bonchev–Trinajstić information content (AvgIpc) is 3.08. The Hall–Kier alpha value is -1.84. The molecule has 2 aromatic rings. The molecule has 0 aliphatic heterocycles. The minimum Gasteiger partial charge on any atom is -0.680 e. The van der Waals surface area contributed by atoms with Crippen LogP contribution in [-0.4, -0.2) is 26.2 Å². The standard InChI is InChI=1S/C8H9O2.C7H7O2.Fe/c1-6-3-4-7(5-6)8(9)10-2;1-9-7(8)6-4-2-3-5-6;/h3-5H,1-2H3;2-5H,1H3;/q-5;-1;. The third kappa shape index (κ3) is 5.43. The summed E-state index contributed by atoms with van der Waals surface area (Å²) in [5.74, 6) is -0.548. The van der Waals surface area contributed by atoms with Crippen molar-refractivity contribution in [3.05, 3.63) is 59.2 Å². The van der Waals surface area contributed by atoms with Crippen LogP contribution in [0.2, 0.25) is 0 Å². The minimum absolute atomic E-state index is 0. The quantitative estimate of drug-likeness (QED) is 0.486. The molecular formula is C15H16FeO4-6. The Balaban J connectivity index is 0.000000345. The number of hydrogen-bond donors (Lipinski definition) is 0. The molecule has 114 valence electrons. The summed E-state index contributed by atoms with van der Waals surface area (Å²) >= 11 is 0. The van der Waals surface area contributed by atoms with Crippen LogP contribution in [0.3, 0.4) is 0 Å². The van der Waals surface area contributed by atoms with Gasteiger partial charge in [-0.1, -0.05) is 11.5 Å². The molecule has 0 radical (unpaired) electrons. The Bertz CT molecular complexity index is 526. The largest absolute Gasteiger partial charge is 0.680 e. The number of rotatable bonds is 2. The second-order valence-electron chi connectivity index (χ2n) is 3.83. The van der Waals surface area contributed by atoms with Crippen molar-refractivity contribution >= 4 is 11.9 Å². The fraction of sp³-hybridized carbons (Fsp3) is 0.200. The third-order valence-corrected chi connectivity index (χ3v) is 2.41. The van der Waals surface area contributed by atoms with Gasteiger partial charge >= 0.3 is 0 Å². The Morgan fingerprint density at radius 3 is 1.95 bits per heavy atom. The van der Waals surface area contributed by atoms with Crippen molar-refractivity contribution in [1.29, 1.82) is 0 Å². The zero-order valence-corrected chi connectivity index (χ0v) is 12.6. The molecule has 0 fully saturated rings. The second-order valence-corrected chi connectivity index (χ2v) is 3.83. The molecule has 20 heavy (non-hydrogen) atoms. The maximum Gasteiger partial charge on any atom is 0.280 e. The monoisotopic (exact) mass is 316 g/mol. The van der Waals surface area contributed by atoms with Gasteiger partial charge in [-0.15, -0.1) is 0 Å². The van der Waals surface area contributed by atoms with E-state index in [0.717, 1.165) is 5.56 Å². The number of methoxy groups -OCH3 is 2. The molecule has 0 saturated heterocycles. The van der Waals surface area contributed by atoms with Gasteiger partial charge in [0.05, 0.1) is 7.11 Å². The number of aryl methyl sites for hydroxylation is 1. The summed E-state index contributed by atoms with van der Waals surface area (Å²) in [6, 6.07) is 12.5. The summed E-state index contributed by atoms with van der Waals surface area (Å²) in [6.45, 7) is 1.94. The van der Waals surface area contributed by atoms with Gasteiger partial charge in [0.15, 0.2) is 0 Å². The summed E-state index contributed by atoms with van der Waals surface area (Å²) < 4.78 is 8.97. The molecule has 0 amide bonds.